The lowest BCUT2D eigenvalue weighted by Crippen LogP contribution is -2.22. The van der Waals surface area contributed by atoms with Crippen LogP contribution in [0, 0.1) is 5.92 Å². The third-order valence-corrected chi connectivity index (χ3v) is 3.04. The van der Waals surface area contributed by atoms with Gasteiger partial charge in [0.15, 0.2) is 0 Å². The molecule has 1 aromatic rings. The fourth-order valence-corrected chi connectivity index (χ4v) is 1.96. The van der Waals surface area contributed by atoms with Gasteiger partial charge in [-0.1, -0.05) is 44.5 Å². The second kappa shape index (κ2) is 8.26. The summed E-state index contributed by atoms with van der Waals surface area (Å²) in [6, 6.07) is 8.94. The monoisotopic (exact) mass is 234 g/mol. The molecule has 0 saturated heterocycles. The second-order valence-electron chi connectivity index (χ2n) is 4.88. The quantitative estimate of drug-likeness (QED) is 0.726. The van der Waals surface area contributed by atoms with Crippen molar-refractivity contribution in [3.63, 3.8) is 0 Å². The SMILES string of the molecule is CCCc1ccc(CNCC(C)CCN)cc1. The predicted octanol–water partition coefficient (Wildman–Crippen LogP) is 2.71. The molecule has 1 atom stereocenters. The smallest absolute Gasteiger partial charge is 0.0205 e. The molecule has 2 nitrogen and oxygen atoms in total. The second-order valence-corrected chi connectivity index (χ2v) is 4.88. The van der Waals surface area contributed by atoms with E-state index in [2.05, 4.69) is 43.4 Å². The molecule has 0 amide bonds. The minimum atomic E-state index is 0.666. The maximum Gasteiger partial charge on any atom is 0.0205 e. The summed E-state index contributed by atoms with van der Waals surface area (Å²) in [5, 5.41) is 3.48. The van der Waals surface area contributed by atoms with E-state index < -0.39 is 0 Å². The van der Waals surface area contributed by atoms with Crippen molar-refractivity contribution >= 4 is 0 Å². The van der Waals surface area contributed by atoms with Crippen LogP contribution in [0.3, 0.4) is 0 Å². The number of nitrogens with one attached hydrogen (secondary N) is 1. The highest BCUT2D eigenvalue weighted by atomic mass is 14.9. The maximum atomic E-state index is 5.53. The molecule has 96 valence electrons. The molecule has 0 aliphatic heterocycles. The molecular weight excluding hydrogens is 208 g/mol. The Bertz CT molecular complexity index is 292. The molecule has 2 heteroatoms. The molecule has 0 spiro atoms. The Morgan fingerprint density at radius 1 is 1.18 bits per heavy atom. The van der Waals surface area contributed by atoms with Crippen LogP contribution in [-0.4, -0.2) is 13.1 Å². The predicted molar refractivity (Wildman–Crippen MR) is 75.0 cm³/mol. The van der Waals surface area contributed by atoms with E-state index in [0.29, 0.717) is 5.92 Å². The summed E-state index contributed by atoms with van der Waals surface area (Å²) in [6.45, 7) is 7.25. The molecule has 1 aromatic carbocycles. The van der Waals surface area contributed by atoms with E-state index in [1.165, 1.54) is 24.0 Å². The Balaban J connectivity index is 2.27. The van der Waals surface area contributed by atoms with Crippen LogP contribution in [0.15, 0.2) is 24.3 Å². The summed E-state index contributed by atoms with van der Waals surface area (Å²) in [6.07, 6.45) is 3.50. The highest BCUT2D eigenvalue weighted by Crippen LogP contribution is 2.07. The molecule has 0 aromatic heterocycles. The van der Waals surface area contributed by atoms with Crippen LogP contribution in [0.25, 0.3) is 0 Å². The first-order chi connectivity index (χ1) is 8.26. The largest absolute Gasteiger partial charge is 0.330 e. The first-order valence-corrected chi connectivity index (χ1v) is 6.74. The van der Waals surface area contributed by atoms with E-state index in [-0.39, 0.29) is 0 Å². The summed E-state index contributed by atoms with van der Waals surface area (Å²) >= 11 is 0. The van der Waals surface area contributed by atoms with Crippen LogP contribution in [0.5, 0.6) is 0 Å². The van der Waals surface area contributed by atoms with Gasteiger partial charge in [0.2, 0.25) is 0 Å². The average Bonchev–Trinajstić information content (AvgIpc) is 2.32. The fraction of sp³-hybridized carbons (Fsp3) is 0.600. The van der Waals surface area contributed by atoms with Gasteiger partial charge in [0.1, 0.15) is 0 Å². The van der Waals surface area contributed by atoms with Crippen LogP contribution in [0.2, 0.25) is 0 Å². The fourth-order valence-electron chi connectivity index (χ4n) is 1.96. The number of rotatable bonds is 8. The first kappa shape index (κ1) is 14.2. The van der Waals surface area contributed by atoms with Gasteiger partial charge in [0.05, 0.1) is 0 Å². The topological polar surface area (TPSA) is 38.0 Å². The number of hydrogen-bond donors (Lipinski definition) is 2. The van der Waals surface area contributed by atoms with Crippen molar-refractivity contribution in [2.24, 2.45) is 11.7 Å². The van der Waals surface area contributed by atoms with Crippen molar-refractivity contribution in [3.05, 3.63) is 35.4 Å². The normalized spacial score (nSPS) is 12.6. The van der Waals surface area contributed by atoms with E-state index in [0.717, 1.165) is 26.1 Å². The molecule has 0 radical (unpaired) electrons. The Labute approximate surface area is 106 Å². The van der Waals surface area contributed by atoms with Crippen molar-refractivity contribution in [1.82, 2.24) is 5.32 Å². The average molecular weight is 234 g/mol. The van der Waals surface area contributed by atoms with Gasteiger partial charge < -0.3 is 11.1 Å². The van der Waals surface area contributed by atoms with Crippen molar-refractivity contribution in [3.8, 4) is 0 Å². The molecule has 0 aliphatic carbocycles. The summed E-state index contributed by atoms with van der Waals surface area (Å²) < 4.78 is 0. The molecule has 0 heterocycles. The van der Waals surface area contributed by atoms with E-state index in [1.807, 2.05) is 0 Å². The van der Waals surface area contributed by atoms with Crippen molar-refractivity contribution < 1.29 is 0 Å². The number of aryl methyl sites for hydroxylation is 1. The zero-order chi connectivity index (χ0) is 12.5. The standard InChI is InChI=1S/C15H26N2/c1-3-4-14-5-7-15(8-6-14)12-17-11-13(2)9-10-16/h5-8,13,17H,3-4,9-12,16H2,1-2H3. The Morgan fingerprint density at radius 3 is 2.41 bits per heavy atom. The molecule has 1 rings (SSSR count). The third kappa shape index (κ3) is 5.85. The molecule has 0 aliphatic rings. The molecule has 17 heavy (non-hydrogen) atoms. The van der Waals surface area contributed by atoms with E-state index in [9.17, 15) is 0 Å². The van der Waals surface area contributed by atoms with Gasteiger partial charge in [-0.15, -0.1) is 0 Å². The molecule has 3 N–H and O–H groups in total. The van der Waals surface area contributed by atoms with Crippen LogP contribution in [0.1, 0.15) is 37.8 Å². The molecule has 0 fully saturated rings. The Morgan fingerprint density at radius 2 is 1.82 bits per heavy atom. The Kier molecular flexibility index (Phi) is 6.90. The van der Waals surface area contributed by atoms with Crippen LogP contribution >= 0.6 is 0 Å². The summed E-state index contributed by atoms with van der Waals surface area (Å²) in [4.78, 5) is 0. The lowest BCUT2D eigenvalue weighted by Gasteiger charge is -2.11. The zero-order valence-corrected chi connectivity index (χ0v) is 11.2. The van der Waals surface area contributed by atoms with E-state index in [1.54, 1.807) is 0 Å². The van der Waals surface area contributed by atoms with Gasteiger partial charge in [0, 0.05) is 6.54 Å². The van der Waals surface area contributed by atoms with Crippen molar-refractivity contribution in [1.29, 1.82) is 0 Å². The van der Waals surface area contributed by atoms with Gasteiger partial charge in [-0.2, -0.15) is 0 Å². The third-order valence-electron chi connectivity index (χ3n) is 3.04. The van der Waals surface area contributed by atoms with Crippen LogP contribution < -0.4 is 11.1 Å². The number of nitrogens with two attached hydrogens (primary N) is 1. The maximum absolute atomic E-state index is 5.53. The van der Waals surface area contributed by atoms with Gasteiger partial charge in [-0.3, -0.25) is 0 Å². The number of benzene rings is 1. The van der Waals surface area contributed by atoms with Gasteiger partial charge in [-0.05, 0) is 43.0 Å². The highest BCUT2D eigenvalue weighted by molar-refractivity contribution is 5.22. The Hall–Kier alpha value is -0.860. The first-order valence-electron chi connectivity index (χ1n) is 6.74. The number of hydrogen-bond acceptors (Lipinski definition) is 2. The molecular formula is C15H26N2. The van der Waals surface area contributed by atoms with E-state index >= 15 is 0 Å². The minimum Gasteiger partial charge on any atom is -0.330 e. The van der Waals surface area contributed by atoms with Crippen LogP contribution in [-0.2, 0) is 13.0 Å². The van der Waals surface area contributed by atoms with Gasteiger partial charge in [-0.25, -0.2) is 0 Å². The lowest BCUT2D eigenvalue weighted by atomic mass is 10.1. The van der Waals surface area contributed by atoms with Gasteiger partial charge in [0.25, 0.3) is 0 Å². The van der Waals surface area contributed by atoms with E-state index in [4.69, 9.17) is 5.73 Å². The molecule has 0 saturated carbocycles. The zero-order valence-electron chi connectivity index (χ0n) is 11.2. The summed E-state index contributed by atoms with van der Waals surface area (Å²) in [5.41, 5.74) is 8.33. The summed E-state index contributed by atoms with van der Waals surface area (Å²) in [7, 11) is 0. The van der Waals surface area contributed by atoms with Crippen LogP contribution in [0.4, 0.5) is 0 Å². The van der Waals surface area contributed by atoms with Crippen molar-refractivity contribution in [2.75, 3.05) is 13.1 Å². The minimum absolute atomic E-state index is 0.666. The molecule has 1 unspecified atom stereocenters. The lowest BCUT2D eigenvalue weighted by molar-refractivity contribution is 0.486. The van der Waals surface area contributed by atoms with Gasteiger partial charge >= 0.3 is 0 Å². The highest BCUT2D eigenvalue weighted by Gasteiger charge is 2.00. The summed E-state index contributed by atoms with van der Waals surface area (Å²) in [5.74, 6) is 0.666. The van der Waals surface area contributed by atoms with Crippen molar-refractivity contribution in [2.45, 2.75) is 39.7 Å². The molecule has 0 bridgehead atoms.